The van der Waals surface area contributed by atoms with Crippen molar-refractivity contribution < 1.29 is 48.3 Å². The first kappa shape index (κ1) is 27.9. The second-order valence-corrected chi connectivity index (χ2v) is 12.0. The normalized spacial score (nSPS) is 14.5. The van der Waals surface area contributed by atoms with E-state index in [1.165, 1.54) is 91.0 Å². The molecule has 0 unspecified atom stereocenters. The maximum absolute atomic E-state index is 15.3. The number of rotatable bonds is 8. The van der Waals surface area contributed by atoms with Crippen molar-refractivity contribution in [2.75, 3.05) is 6.16 Å². The van der Waals surface area contributed by atoms with Crippen LogP contribution in [-0.4, -0.2) is 36.0 Å². The summed E-state index contributed by atoms with van der Waals surface area (Å²) in [5, 5.41) is 0.0938. The van der Waals surface area contributed by atoms with Crippen LogP contribution in [0.5, 0.6) is 0 Å². The van der Waals surface area contributed by atoms with Crippen molar-refractivity contribution in [1.29, 1.82) is 0 Å². The van der Waals surface area contributed by atoms with Crippen LogP contribution >= 0.6 is 7.26 Å². The molecule has 0 spiro atoms. The molecule has 0 bridgehead atoms. The van der Waals surface area contributed by atoms with Crippen LogP contribution in [0, 0.1) is 0 Å². The average Bonchev–Trinajstić information content (AvgIpc) is 2.83. The zero-order valence-corrected chi connectivity index (χ0v) is 19.0. The van der Waals surface area contributed by atoms with Crippen LogP contribution in [0.4, 0.5) is 48.3 Å². The van der Waals surface area contributed by atoms with Crippen molar-refractivity contribution in [3.8, 4) is 0 Å². The molecule has 0 saturated heterocycles. The number of hydrogen-bond donors (Lipinski definition) is 0. The van der Waals surface area contributed by atoms with Gasteiger partial charge in [0.15, 0.2) is 0 Å². The van der Waals surface area contributed by atoms with Gasteiger partial charge in [0.1, 0.15) is 0 Å². The zero-order valence-electron chi connectivity index (χ0n) is 18.0. The number of benzene rings is 3. The summed E-state index contributed by atoms with van der Waals surface area (Å²) in [6.07, 6.45) is -9.32. The molecule has 0 aliphatic heterocycles. The summed E-state index contributed by atoms with van der Waals surface area (Å²) in [5.74, 6) is -28.0. The van der Waals surface area contributed by atoms with Crippen molar-refractivity contribution >= 4 is 23.2 Å². The van der Waals surface area contributed by atoms with Gasteiger partial charge in [-0.2, -0.15) is 0 Å². The van der Waals surface area contributed by atoms with Crippen molar-refractivity contribution in [3.05, 3.63) is 91.0 Å². The Morgan fingerprint density at radius 2 is 0.722 bits per heavy atom. The molecule has 196 valence electrons. The summed E-state index contributed by atoms with van der Waals surface area (Å²) >= 11 is 0. The number of halogens is 11. The topological polar surface area (TPSA) is 0 Å². The number of hydrogen-bond acceptors (Lipinski definition) is 0. The molecule has 0 amide bonds. The van der Waals surface area contributed by atoms with Gasteiger partial charge in [-0.25, -0.2) is 0 Å². The van der Waals surface area contributed by atoms with Gasteiger partial charge in [0, 0.05) is 0 Å². The van der Waals surface area contributed by atoms with Crippen LogP contribution in [0.1, 0.15) is 0 Å². The standard InChI is InChI=1S/C24H18F11P/c25-20(26,21(27,28)22(29,30)23(31,32)24(33,34)35)16-36(17-10-4-1-5-11-17,18-12-6-2-7-13-18)19-14-8-3-9-15-19/h1-15,36H,16H2. The monoisotopic (exact) mass is 546 g/mol. The molecule has 0 fully saturated rings. The molecule has 36 heavy (non-hydrogen) atoms. The molecule has 0 radical (unpaired) electrons. The fourth-order valence-electron chi connectivity index (χ4n) is 4.02. The van der Waals surface area contributed by atoms with Crippen molar-refractivity contribution in [1.82, 2.24) is 0 Å². The van der Waals surface area contributed by atoms with E-state index in [4.69, 9.17) is 0 Å². The molecule has 0 saturated carbocycles. The van der Waals surface area contributed by atoms with E-state index in [1.54, 1.807) is 0 Å². The summed E-state index contributed by atoms with van der Waals surface area (Å²) in [4.78, 5) is 0. The second kappa shape index (κ2) is 9.32. The van der Waals surface area contributed by atoms with E-state index >= 15 is 8.78 Å². The van der Waals surface area contributed by atoms with Gasteiger partial charge in [-0.15, -0.1) is 0 Å². The first-order valence-corrected chi connectivity index (χ1v) is 12.5. The van der Waals surface area contributed by atoms with Crippen LogP contribution in [0.25, 0.3) is 0 Å². The third-order valence-corrected chi connectivity index (χ3v) is 10.8. The van der Waals surface area contributed by atoms with E-state index in [1.807, 2.05) is 0 Å². The van der Waals surface area contributed by atoms with Gasteiger partial charge in [0.2, 0.25) is 0 Å². The second-order valence-electron chi connectivity index (χ2n) is 8.11. The Morgan fingerprint density at radius 1 is 0.417 bits per heavy atom. The molecule has 0 aliphatic rings. The van der Waals surface area contributed by atoms with Gasteiger partial charge in [0.25, 0.3) is 0 Å². The Hall–Kier alpha value is -2.68. The summed E-state index contributed by atoms with van der Waals surface area (Å²) in [5.41, 5.74) is 0. The first-order valence-electron chi connectivity index (χ1n) is 10.3. The van der Waals surface area contributed by atoms with E-state index in [0.29, 0.717) is 0 Å². The molecule has 0 aliphatic carbocycles. The quantitative estimate of drug-likeness (QED) is 0.215. The molecular weight excluding hydrogens is 528 g/mol. The van der Waals surface area contributed by atoms with Gasteiger partial charge in [-0.3, -0.25) is 0 Å². The van der Waals surface area contributed by atoms with E-state index in [-0.39, 0.29) is 15.9 Å². The van der Waals surface area contributed by atoms with Gasteiger partial charge >= 0.3 is 198 Å². The van der Waals surface area contributed by atoms with Crippen molar-refractivity contribution in [2.45, 2.75) is 29.9 Å². The van der Waals surface area contributed by atoms with Gasteiger partial charge in [-0.05, 0) is 0 Å². The Balaban J connectivity index is 2.30. The van der Waals surface area contributed by atoms with Gasteiger partial charge < -0.3 is 0 Å². The predicted octanol–water partition coefficient (Wildman–Crippen LogP) is 6.82. The molecule has 0 N–H and O–H groups in total. The Kier molecular flexibility index (Phi) is 7.22. The SMILES string of the molecule is FC(F)(F)C(F)(F)C(F)(F)C(F)(F)C(F)(F)C[PH](c1ccccc1)(c1ccccc1)c1ccccc1. The third-order valence-electron chi connectivity index (χ3n) is 5.89. The molecule has 0 aromatic heterocycles. The van der Waals surface area contributed by atoms with E-state index in [0.717, 1.165) is 0 Å². The molecule has 3 aromatic rings. The Morgan fingerprint density at radius 3 is 1.00 bits per heavy atom. The fourth-order valence-corrected chi connectivity index (χ4v) is 8.81. The van der Waals surface area contributed by atoms with Crippen molar-refractivity contribution in [2.24, 2.45) is 0 Å². The van der Waals surface area contributed by atoms with Crippen LogP contribution < -0.4 is 15.9 Å². The van der Waals surface area contributed by atoms with Gasteiger partial charge in [0.05, 0.1) is 0 Å². The minimum atomic E-state index is -7.45. The Labute approximate surface area is 199 Å². The molecule has 12 heteroatoms. The van der Waals surface area contributed by atoms with Crippen LogP contribution in [0.3, 0.4) is 0 Å². The zero-order chi connectivity index (χ0) is 27.0. The molecule has 3 rings (SSSR count). The first-order chi connectivity index (χ1) is 16.5. The fraction of sp³-hybridized carbons (Fsp3) is 0.250. The van der Waals surface area contributed by atoms with E-state index in [2.05, 4.69) is 0 Å². The maximum atomic E-state index is 15.3. The van der Waals surface area contributed by atoms with Crippen LogP contribution in [0.2, 0.25) is 0 Å². The van der Waals surface area contributed by atoms with Crippen molar-refractivity contribution in [3.63, 3.8) is 0 Å². The molecule has 0 atom stereocenters. The summed E-state index contributed by atoms with van der Waals surface area (Å²) in [6, 6.07) is 20.5. The molecule has 3 aromatic carbocycles. The minimum absolute atomic E-state index is 0.0313. The third kappa shape index (κ3) is 4.35. The van der Waals surface area contributed by atoms with E-state index in [9.17, 15) is 39.5 Å². The molecule has 0 heterocycles. The van der Waals surface area contributed by atoms with Crippen LogP contribution in [-0.2, 0) is 0 Å². The average molecular weight is 546 g/mol. The van der Waals surface area contributed by atoms with Crippen LogP contribution in [0.15, 0.2) is 91.0 Å². The summed E-state index contributed by atoms with van der Waals surface area (Å²) < 4.78 is 153. The summed E-state index contributed by atoms with van der Waals surface area (Å²) in [6.45, 7) is 0. The molecular formula is C24H18F11P. The molecule has 0 nitrogen and oxygen atoms in total. The van der Waals surface area contributed by atoms with Gasteiger partial charge in [-0.1, -0.05) is 0 Å². The summed E-state index contributed by atoms with van der Waals surface area (Å²) in [7, 11) is -4.44. The Bertz CT molecular complexity index is 1050. The predicted molar refractivity (Wildman–Crippen MR) is 117 cm³/mol. The van der Waals surface area contributed by atoms with E-state index < -0.39 is 43.3 Å². The number of alkyl halides is 11.